The number of hydrogen-bond acceptors (Lipinski definition) is 6. The Hall–Kier alpha value is -2.82. The molecule has 1 aliphatic heterocycles. The Morgan fingerprint density at radius 3 is 2.52 bits per heavy atom. The van der Waals surface area contributed by atoms with Crippen LogP contribution >= 0.6 is 22.6 Å². The average molecular weight is 481 g/mol. The SMILES string of the molecule is O=C(C=NOCC(=O)Nc1ccc(I)cc1)Nc1ccc2c(c1)OCCO2. The van der Waals surface area contributed by atoms with Crippen molar-refractivity contribution in [3.63, 3.8) is 0 Å². The molecule has 2 N–H and O–H groups in total. The van der Waals surface area contributed by atoms with E-state index >= 15 is 0 Å². The van der Waals surface area contributed by atoms with Gasteiger partial charge in [0.1, 0.15) is 19.4 Å². The van der Waals surface area contributed by atoms with Crippen molar-refractivity contribution in [1.29, 1.82) is 0 Å². The summed E-state index contributed by atoms with van der Waals surface area (Å²) in [6, 6.07) is 12.4. The molecular weight excluding hydrogens is 465 g/mol. The molecule has 0 bridgehead atoms. The first-order chi connectivity index (χ1) is 13.1. The van der Waals surface area contributed by atoms with Crippen molar-refractivity contribution in [3.05, 3.63) is 46.0 Å². The van der Waals surface area contributed by atoms with Crippen molar-refractivity contribution in [3.8, 4) is 11.5 Å². The smallest absolute Gasteiger partial charge is 0.270 e. The third-order valence-corrected chi connectivity index (χ3v) is 4.10. The second-order valence-corrected chi connectivity index (χ2v) is 6.66. The highest BCUT2D eigenvalue weighted by Crippen LogP contribution is 2.32. The van der Waals surface area contributed by atoms with Gasteiger partial charge in [-0.05, 0) is 59.0 Å². The number of benzene rings is 2. The standard InChI is InChI=1S/C18H16IN3O5/c19-12-1-3-13(4-2-12)21-18(24)11-27-20-10-17(23)22-14-5-6-15-16(9-14)26-8-7-25-15/h1-6,9-10H,7-8,11H2,(H,21,24)(H,22,23). The van der Waals surface area contributed by atoms with Crippen LogP contribution in [0.4, 0.5) is 11.4 Å². The number of carbonyl (C=O) groups excluding carboxylic acids is 2. The molecule has 2 aromatic carbocycles. The third kappa shape index (κ3) is 5.84. The topological polar surface area (TPSA) is 98.2 Å². The number of nitrogens with one attached hydrogen (secondary N) is 2. The highest BCUT2D eigenvalue weighted by Gasteiger charge is 2.12. The van der Waals surface area contributed by atoms with Crippen LogP contribution in [0.1, 0.15) is 0 Å². The molecule has 8 nitrogen and oxygen atoms in total. The Bertz CT molecular complexity index is 855. The number of rotatable bonds is 6. The van der Waals surface area contributed by atoms with Gasteiger partial charge in [-0.1, -0.05) is 5.16 Å². The minimum atomic E-state index is -0.496. The van der Waals surface area contributed by atoms with Gasteiger partial charge in [0, 0.05) is 21.0 Å². The first-order valence-corrected chi connectivity index (χ1v) is 9.09. The van der Waals surface area contributed by atoms with E-state index in [1.807, 2.05) is 12.1 Å². The molecule has 0 aliphatic carbocycles. The van der Waals surface area contributed by atoms with Gasteiger partial charge in [0.05, 0.1) is 0 Å². The molecule has 0 saturated carbocycles. The summed E-state index contributed by atoms with van der Waals surface area (Å²) in [5.41, 5.74) is 1.19. The normalized spacial score (nSPS) is 12.5. The van der Waals surface area contributed by atoms with Gasteiger partial charge in [-0.2, -0.15) is 0 Å². The second kappa shape index (κ2) is 9.21. The molecule has 3 rings (SSSR count). The Balaban J connectivity index is 1.42. The maximum absolute atomic E-state index is 11.8. The molecule has 9 heteroatoms. The van der Waals surface area contributed by atoms with Crippen molar-refractivity contribution in [2.24, 2.45) is 5.16 Å². The first kappa shape index (κ1) is 19.0. The van der Waals surface area contributed by atoms with Crippen LogP contribution in [-0.2, 0) is 14.4 Å². The van der Waals surface area contributed by atoms with Crippen LogP contribution in [0, 0.1) is 3.57 Å². The maximum Gasteiger partial charge on any atom is 0.270 e. The van der Waals surface area contributed by atoms with E-state index in [-0.39, 0.29) is 12.5 Å². The predicted molar refractivity (Wildman–Crippen MR) is 108 cm³/mol. The maximum atomic E-state index is 11.8. The van der Waals surface area contributed by atoms with Crippen molar-refractivity contribution >= 4 is 52.0 Å². The van der Waals surface area contributed by atoms with E-state index in [1.54, 1.807) is 30.3 Å². The number of amides is 2. The highest BCUT2D eigenvalue weighted by molar-refractivity contribution is 14.1. The molecule has 0 unspecified atom stereocenters. The van der Waals surface area contributed by atoms with E-state index in [9.17, 15) is 9.59 Å². The minimum absolute atomic E-state index is 0.306. The lowest BCUT2D eigenvalue weighted by atomic mass is 10.2. The molecule has 2 amide bonds. The Labute approximate surface area is 169 Å². The Kier molecular flexibility index (Phi) is 6.47. The van der Waals surface area contributed by atoms with E-state index < -0.39 is 5.91 Å². The fourth-order valence-corrected chi connectivity index (χ4v) is 2.57. The molecule has 0 radical (unpaired) electrons. The van der Waals surface area contributed by atoms with Crippen LogP contribution in [0.25, 0.3) is 0 Å². The van der Waals surface area contributed by atoms with Gasteiger partial charge < -0.3 is 24.9 Å². The van der Waals surface area contributed by atoms with Gasteiger partial charge in [0.25, 0.3) is 11.8 Å². The molecular formula is C18H16IN3O5. The van der Waals surface area contributed by atoms with Crippen molar-refractivity contribution < 1.29 is 23.9 Å². The number of halogens is 1. The van der Waals surface area contributed by atoms with Crippen LogP contribution in [0.15, 0.2) is 47.6 Å². The summed E-state index contributed by atoms with van der Waals surface area (Å²) in [4.78, 5) is 28.4. The van der Waals surface area contributed by atoms with Crippen molar-refractivity contribution in [1.82, 2.24) is 0 Å². The van der Waals surface area contributed by atoms with Crippen LogP contribution in [-0.4, -0.2) is 37.8 Å². The summed E-state index contributed by atoms with van der Waals surface area (Å²) < 4.78 is 11.9. The van der Waals surface area contributed by atoms with Crippen molar-refractivity contribution in [2.45, 2.75) is 0 Å². The quantitative estimate of drug-likeness (QED) is 0.376. The molecule has 1 heterocycles. The molecule has 27 heavy (non-hydrogen) atoms. The van der Waals surface area contributed by atoms with Gasteiger partial charge >= 0.3 is 0 Å². The molecule has 0 fully saturated rings. The lowest BCUT2D eigenvalue weighted by Gasteiger charge is -2.18. The molecule has 1 aliphatic rings. The van der Waals surface area contributed by atoms with E-state index in [2.05, 4.69) is 38.4 Å². The minimum Gasteiger partial charge on any atom is -0.486 e. The van der Waals surface area contributed by atoms with Gasteiger partial charge in [0.15, 0.2) is 18.1 Å². The van der Waals surface area contributed by atoms with Gasteiger partial charge in [-0.25, -0.2) is 0 Å². The summed E-state index contributed by atoms with van der Waals surface area (Å²) in [5.74, 6) is 0.334. The number of nitrogens with zero attached hydrogens (tertiary/aromatic N) is 1. The fourth-order valence-electron chi connectivity index (χ4n) is 2.21. The second-order valence-electron chi connectivity index (χ2n) is 5.41. The largest absolute Gasteiger partial charge is 0.486 e. The number of ether oxygens (including phenoxy) is 2. The van der Waals surface area contributed by atoms with Gasteiger partial charge in [-0.3, -0.25) is 9.59 Å². The zero-order valence-electron chi connectivity index (χ0n) is 14.1. The predicted octanol–water partition coefficient (Wildman–Crippen LogP) is 2.64. The van der Waals surface area contributed by atoms with Crippen LogP contribution in [0.2, 0.25) is 0 Å². The molecule has 0 aromatic heterocycles. The summed E-state index contributed by atoms with van der Waals surface area (Å²) in [6.07, 6.45) is 0.953. The van der Waals surface area contributed by atoms with E-state index in [1.165, 1.54) is 0 Å². The fraction of sp³-hybridized carbons (Fsp3) is 0.167. The van der Waals surface area contributed by atoms with Crippen LogP contribution in [0.3, 0.4) is 0 Å². The number of anilines is 2. The number of carbonyl (C=O) groups is 2. The zero-order valence-corrected chi connectivity index (χ0v) is 16.3. The number of hydrogen-bond donors (Lipinski definition) is 2. The zero-order chi connectivity index (χ0) is 19.1. The highest BCUT2D eigenvalue weighted by atomic mass is 127. The summed E-state index contributed by atoms with van der Waals surface area (Å²) in [6.45, 7) is 0.656. The van der Waals surface area contributed by atoms with Crippen molar-refractivity contribution in [2.75, 3.05) is 30.5 Å². The number of fused-ring (bicyclic) bond motifs is 1. The van der Waals surface area contributed by atoms with Gasteiger partial charge in [-0.15, -0.1) is 0 Å². The molecule has 0 atom stereocenters. The van der Waals surface area contributed by atoms with E-state index in [0.29, 0.717) is 36.1 Å². The summed E-state index contributed by atoms with van der Waals surface area (Å²) >= 11 is 2.17. The summed E-state index contributed by atoms with van der Waals surface area (Å²) in [7, 11) is 0. The molecule has 0 saturated heterocycles. The van der Waals surface area contributed by atoms with E-state index in [0.717, 1.165) is 9.78 Å². The summed E-state index contributed by atoms with van der Waals surface area (Å²) in [5, 5.41) is 8.77. The monoisotopic (exact) mass is 481 g/mol. The third-order valence-electron chi connectivity index (χ3n) is 3.38. The lowest BCUT2D eigenvalue weighted by Crippen LogP contribution is -2.18. The van der Waals surface area contributed by atoms with E-state index in [4.69, 9.17) is 14.3 Å². The molecule has 0 spiro atoms. The Morgan fingerprint density at radius 1 is 1.04 bits per heavy atom. The van der Waals surface area contributed by atoms with Crippen LogP contribution < -0.4 is 20.1 Å². The average Bonchev–Trinajstić information content (AvgIpc) is 2.67. The number of oxime groups is 1. The van der Waals surface area contributed by atoms with Crippen LogP contribution in [0.5, 0.6) is 11.5 Å². The molecule has 140 valence electrons. The lowest BCUT2D eigenvalue weighted by molar-refractivity contribution is -0.120. The Morgan fingerprint density at radius 2 is 1.74 bits per heavy atom. The van der Waals surface area contributed by atoms with Gasteiger partial charge in [0.2, 0.25) is 0 Å². The molecule has 2 aromatic rings. The first-order valence-electron chi connectivity index (χ1n) is 8.01.